The number of fused-ring (bicyclic) bond motifs is 1. The number of benzene rings is 1. The molecular formula is C13H18N2O. The third kappa shape index (κ3) is 1.67. The fourth-order valence-electron chi connectivity index (χ4n) is 2.18. The Morgan fingerprint density at radius 3 is 2.81 bits per heavy atom. The minimum absolute atomic E-state index is 0.668. The van der Waals surface area contributed by atoms with E-state index in [1.165, 1.54) is 16.5 Å². The van der Waals surface area contributed by atoms with Crippen LogP contribution < -0.4 is 10.5 Å². The zero-order valence-electron chi connectivity index (χ0n) is 9.86. The van der Waals surface area contributed by atoms with E-state index >= 15 is 0 Å². The Kier molecular flexibility index (Phi) is 3.15. The Balaban J connectivity index is 2.69. The molecule has 0 aliphatic rings. The van der Waals surface area contributed by atoms with Crippen LogP contribution in [0.2, 0.25) is 0 Å². The molecule has 1 aromatic heterocycles. The lowest BCUT2D eigenvalue weighted by atomic mass is 10.1. The molecule has 0 saturated carbocycles. The summed E-state index contributed by atoms with van der Waals surface area (Å²) < 4.78 is 7.66. The molecule has 0 saturated heterocycles. The molecular weight excluding hydrogens is 200 g/mol. The number of rotatable bonds is 4. The zero-order chi connectivity index (χ0) is 11.5. The van der Waals surface area contributed by atoms with Crippen LogP contribution in [-0.2, 0) is 13.0 Å². The van der Waals surface area contributed by atoms with Gasteiger partial charge in [-0.1, -0.05) is 6.07 Å². The fourth-order valence-corrected chi connectivity index (χ4v) is 2.18. The fraction of sp³-hybridized carbons (Fsp3) is 0.385. The average Bonchev–Trinajstić information content (AvgIpc) is 2.68. The topological polar surface area (TPSA) is 40.2 Å². The van der Waals surface area contributed by atoms with E-state index in [9.17, 15) is 0 Å². The molecule has 0 bridgehead atoms. The van der Waals surface area contributed by atoms with Crippen molar-refractivity contribution in [2.24, 2.45) is 5.73 Å². The highest BCUT2D eigenvalue weighted by molar-refractivity contribution is 5.90. The molecule has 3 heteroatoms. The van der Waals surface area contributed by atoms with Crippen molar-refractivity contribution in [3.63, 3.8) is 0 Å². The first-order chi connectivity index (χ1) is 7.81. The Morgan fingerprint density at radius 1 is 1.38 bits per heavy atom. The van der Waals surface area contributed by atoms with Gasteiger partial charge in [-0.25, -0.2) is 0 Å². The summed E-state index contributed by atoms with van der Waals surface area (Å²) >= 11 is 0. The van der Waals surface area contributed by atoms with E-state index in [2.05, 4.69) is 23.8 Å². The Labute approximate surface area is 95.8 Å². The van der Waals surface area contributed by atoms with Crippen molar-refractivity contribution in [2.75, 3.05) is 13.7 Å². The van der Waals surface area contributed by atoms with Gasteiger partial charge in [0.05, 0.1) is 12.6 Å². The quantitative estimate of drug-likeness (QED) is 0.854. The third-order valence-corrected chi connectivity index (χ3v) is 2.92. The monoisotopic (exact) mass is 218 g/mol. The van der Waals surface area contributed by atoms with Crippen molar-refractivity contribution in [1.29, 1.82) is 0 Å². The molecule has 2 aromatic rings. The molecule has 0 spiro atoms. The number of nitrogens with zero attached hydrogens (tertiary/aromatic N) is 1. The van der Waals surface area contributed by atoms with Crippen molar-refractivity contribution >= 4 is 10.9 Å². The van der Waals surface area contributed by atoms with Gasteiger partial charge in [0.15, 0.2) is 0 Å². The van der Waals surface area contributed by atoms with Crippen LogP contribution in [0.15, 0.2) is 24.4 Å². The maximum Gasteiger partial charge on any atom is 0.128 e. The molecule has 2 rings (SSSR count). The van der Waals surface area contributed by atoms with E-state index in [4.69, 9.17) is 10.5 Å². The van der Waals surface area contributed by atoms with Gasteiger partial charge in [0.1, 0.15) is 5.75 Å². The third-order valence-electron chi connectivity index (χ3n) is 2.92. The van der Waals surface area contributed by atoms with Crippen LogP contribution in [0.3, 0.4) is 0 Å². The average molecular weight is 218 g/mol. The first-order valence-electron chi connectivity index (χ1n) is 5.66. The maximum absolute atomic E-state index is 5.64. The summed E-state index contributed by atoms with van der Waals surface area (Å²) in [4.78, 5) is 0. The Hall–Kier alpha value is -1.48. The van der Waals surface area contributed by atoms with Gasteiger partial charge < -0.3 is 15.0 Å². The van der Waals surface area contributed by atoms with Gasteiger partial charge in [-0.05, 0) is 37.6 Å². The predicted molar refractivity (Wildman–Crippen MR) is 66.9 cm³/mol. The lowest BCUT2D eigenvalue weighted by molar-refractivity contribution is 0.419. The molecule has 1 heterocycles. The molecule has 0 unspecified atom stereocenters. The molecule has 16 heavy (non-hydrogen) atoms. The van der Waals surface area contributed by atoms with Crippen LogP contribution >= 0.6 is 0 Å². The first kappa shape index (κ1) is 11.0. The van der Waals surface area contributed by atoms with Gasteiger partial charge >= 0.3 is 0 Å². The number of hydrogen-bond donors (Lipinski definition) is 1. The van der Waals surface area contributed by atoms with Gasteiger partial charge in [-0.3, -0.25) is 0 Å². The number of aromatic nitrogens is 1. The molecule has 0 amide bonds. The number of hydrogen-bond acceptors (Lipinski definition) is 2. The van der Waals surface area contributed by atoms with Gasteiger partial charge in [0, 0.05) is 18.1 Å². The van der Waals surface area contributed by atoms with E-state index in [-0.39, 0.29) is 0 Å². The van der Waals surface area contributed by atoms with E-state index in [0.29, 0.717) is 6.54 Å². The smallest absolute Gasteiger partial charge is 0.128 e. The van der Waals surface area contributed by atoms with Crippen LogP contribution in [-0.4, -0.2) is 18.2 Å². The highest BCUT2D eigenvalue weighted by Gasteiger charge is 2.11. The van der Waals surface area contributed by atoms with Gasteiger partial charge in [0.2, 0.25) is 0 Å². The molecule has 0 fully saturated rings. The molecule has 2 N–H and O–H groups in total. The van der Waals surface area contributed by atoms with Crippen molar-refractivity contribution in [3.05, 3.63) is 30.0 Å². The Bertz CT molecular complexity index is 488. The van der Waals surface area contributed by atoms with E-state index < -0.39 is 0 Å². The summed E-state index contributed by atoms with van der Waals surface area (Å²) in [5.74, 6) is 0.938. The summed E-state index contributed by atoms with van der Waals surface area (Å²) in [6.45, 7) is 3.78. The SMILES string of the molecule is CCn1cc(CCN)c2c(OC)cccc21. The van der Waals surface area contributed by atoms with Crippen LogP contribution in [0, 0.1) is 0 Å². The molecule has 86 valence electrons. The predicted octanol–water partition coefficient (Wildman–Crippen LogP) is 2.17. The van der Waals surface area contributed by atoms with Gasteiger partial charge in [-0.15, -0.1) is 0 Å². The minimum Gasteiger partial charge on any atom is -0.496 e. The van der Waals surface area contributed by atoms with Crippen LogP contribution in [0.4, 0.5) is 0 Å². The normalized spacial score (nSPS) is 10.9. The highest BCUT2D eigenvalue weighted by Crippen LogP contribution is 2.30. The lowest BCUT2D eigenvalue weighted by Gasteiger charge is -2.04. The van der Waals surface area contributed by atoms with Gasteiger partial charge in [0.25, 0.3) is 0 Å². The largest absolute Gasteiger partial charge is 0.496 e. The van der Waals surface area contributed by atoms with Crippen molar-refractivity contribution in [1.82, 2.24) is 4.57 Å². The molecule has 3 nitrogen and oxygen atoms in total. The summed E-state index contributed by atoms with van der Waals surface area (Å²) in [7, 11) is 1.71. The van der Waals surface area contributed by atoms with Crippen LogP contribution in [0.1, 0.15) is 12.5 Å². The van der Waals surface area contributed by atoms with Crippen molar-refractivity contribution in [2.45, 2.75) is 19.9 Å². The lowest BCUT2D eigenvalue weighted by Crippen LogP contribution is -2.02. The van der Waals surface area contributed by atoms with E-state index in [0.717, 1.165) is 18.7 Å². The van der Waals surface area contributed by atoms with Crippen molar-refractivity contribution in [3.8, 4) is 5.75 Å². The second-order valence-corrected chi connectivity index (χ2v) is 3.83. The van der Waals surface area contributed by atoms with Crippen LogP contribution in [0.25, 0.3) is 10.9 Å². The number of ether oxygens (including phenoxy) is 1. The summed E-state index contributed by atoms with van der Waals surface area (Å²) in [6, 6.07) is 6.16. The molecule has 0 atom stereocenters. The molecule has 0 aliphatic heterocycles. The molecule has 0 radical (unpaired) electrons. The zero-order valence-corrected chi connectivity index (χ0v) is 9.86. The summed E-state index contributed by atoms with van der Waals surface area (Å²) in [5, 5.41) is 1.21. The first-order valence-corrected chi connectivity index (χ1v) is 5.66. The second kappa shape index (κ2) is 4.58. The van der Waals surface area contributed by atoms with Crippen molar-refractivity contribution < 1.29 is 4.74 Å². The highest BCUT2D eigenvalue weighted by atomic mass is 16.5. The van der Waals surface area contributed by atoms with Gasteiger partial charge in [-0.2, -0.15) is 0 Å². The Morgan fingerprint density at radius 2 is 2.19 bits per heavy atom. The van der Waals surface area contributed by atoms with Crippen LogP contribution in [0.5, 0.6) is 5.75 Å². The summed E-state index contributed by atoms with van der Waals surface area (Å²) in [6.07, 6.45) is 3.07. The van der Waals surface area contributed by atoms with E-state index in [1.807, 2.05) is 12.1 Å². The maximum atomic E-state index is 5.64. The molecule has 0 aliphatic carbocycles. The second-order valence-electron chi connectivity index (χ2n) is 3.83. The number of aryl methyl sites for hydroxylation is 1. The number of nitrogens with two attached hydrogens (primary N) is 1. The molecule has 1 aromatic carbocycles. The number of methoxy groups -OCH3 is 1. The minimum atomic E-state index is 0.668. The van der Waals surface area contributed by atoms with E-state index in [1.54, 1.807) is 7.11 Å². The summed E-state index contributed by atoms with van der Waals surface area (Å²) in [5.41, 5.74) is 8.15. The standard InChI is InChI=1S/C13H18N2O/c1-3-15-9-10(7-8-14)13-11(15)5-4-6-12(13)16-2/h4-6,9H,3,7-8,14H2,1-2H3.